The zero-order chi connectivity index (χ0) is 8.84. The van der Waals surface area contributed by atoms with Crippen molar-refractivity contribution in [3.63, 3.8) is 0 Å². The molecule has 0 saturated carbocycles. The molecule has 0 aliphatic heterocycles. The molecular weight excluding hydrogens is 228 g/mol. The maximum Gasteiger partial charge on any atom is 0.0984 e. The van der Waals surface area contributed by atoms with E-state index in [1.165, 1.54) is 26.7 Å². The molecule has 2 aromatic rings. The standard InChI is InChI=1S/C11H7BrO/c12-11-3-1-2-8-9(11)4-7-5-13-6-10(7)8/h1-3,5-6H,4H2. The summed E-state index contributed by atoms with van der Waals surface area (Å²) in [5.41, 5.74) is 5.22. The molecule has 0 amide bonds. The van der Waals surface area contributed by atoms with Crippen LogP contribution in [0.15, 0.2) is 39.6 Å². The summed E-state index contributed by atoms with van der Waals surface area (Å²) in [7, 11) is 0. The number of fused-ring (bicyclic) bond motifs is 3. The number of benzene rings is 1. The van der Waals surface area contributed by atoms with Gasteiger partial charge in [0.15, 0.2) is 0 Å². The second kappa shape index (κ2) is 2.48. The highest BCUT2D eigenvalue weighted by atomic mass is 79.9. The van der Waals surface area contributed by atoms with Gasteiger partial charge in [-0.25, -0.2) is 0 Å². The van der Waals surface area contributed by atoms with Crippen molar-refractivity contribution in [3.8, 4) is 11.1 Å². The normalized spacial score (nSPS) is 12.7. The van der Waals surface area contributed by atoms with Crippen LogP contribution in [0.1, 0.15) is 11.1 Å². The van der Waals surface area contributed by atoms with Gasteiger partial charge in [-0.1, -0.05) is 28.1 Å². The third kappa shape index (κ3) is 0.923. The lowest BCUT2D eigenvalue weighted by molar-refractivity contribution is 0.564. The number of hydrogen-bond donors (Lipinski definition) is 0. The van der Waals surface area contributed by atoms with Gasteiger partial charge in [-0.15, -0.1) is 0 Å². The molecule has 0 radical (unpaired) electrons. The lowest BCUT2D eigenvalue weighted by Crippen LogP contribution is -1.81. The maximum atomic E-state index is 5.17. The van der Waals surface area contributed by atoms with Gasteiger partial charge >= 0.3 is 0 Å². The van der Waals surface area contributed by atoms with Crippen LogP contribution >= 0.6 is 15.9 Å². The fraction of sp³-hybridized carbons (Fsp3) is 0.0909. The highest BCUT2D eigenvalue weighted by Gasteiger charge is 2.21. The lowest BCUT2D eigenvalue weighted by Gasteiger charge is -2.00. The molecule has 0 N–H and O–H groups in total. The summed E-state index contributed by atoms with van der Waals surface area (Å²) < 4.78 is 6.36. The number of rotatable bonds is 0. The molecule has 13 heavy (non-hydrogen) atoms. The molecule has 0 bridgehead atoms. The molecule has 0 fully saturated rings. The summed E-state index contributed by atoms with van der Waals surface area (Å²) in [5, 5.41) is 0. The highest BCUT2D eigenvalue weighted by Crippen LogP contribution is 2.40. The van der Waals surface area contributed by atoms with Gasteiger partial charge in [-0.3, -0.25) is 0 Å². The maximum absolute atomic E-state index is 5.17. The van der Waals surface area contributed by atoms with Crippen molar-refractivity contribution >= 4 is 15.9 Å². The van der Waals surface area contributed by atoms with Crippen LogP contribution < -0.4 is 0 Å². The first-order valence-electron chi connectivity index (χ1n) is 4.19. The van der Waals surface area contributed by atoms with E-state index in [1.54, 1.807) is 0 Å². The van der Waals surface area contributed by atoms with E-state index in [-0.39, 0.29) is 0 Å². The van der Waals surface area contributed by atoms with Gasteiger partial charge in [0.1, 0.15) is 0 Å². The monoisotopic (exact) mass is 234 g/mol. The van der Waals surface area contributed by atoms with Gasteiger partial charge < -0.3 is 4.42 Å². The van der Waals surface area contributed by atoms with Gasteiger partial charge in [-0.05, 0) is 17.2 Å². The fourth-order valence-electron chi connectivity index (χ4n) is 1.88. The Labute approximate surface area is 84.5 Å². The number of halogens is 1. The third-order valence-corrected chi connectivity index (χ3v) is 3.26. The van der Waals surface area contributed by atoms with E-state index in [0.29, 0.717) is 0 Å². The molecule has 3 rings (SSSR count). The van der Waals surface area contributed by atoms with E-state index in [9.17, 15) is 0 Å². The second-order valence-electron chi connectivity index (χ2n) is 3.25. The van der Waals surface area contributed by atoms with Crippen LogP contribution in [-0.4, -0.2) is 0 Å². The Morgan fingerprint density at radius 2 is 2.08 bits per heavy atom. The molecule has 2 heteroatoms. The average molecular weight is 235 g/mol. The lowest BCUT2D eigenvalue weighted by atomic mass is 10.1. The molecule has 1 aromatic heterocycles. The zero-order valence-corrected chi connectivity index (χ0v) is 8.47. The molecule has 64 valence electrons. The minimum Gasteiger partial charge on any atom is -0.472 e. The van der Waals surface area contributed by atoms with Crippen LogP contribution in [0.5, 0.6) is 0 Å². The molecule has 0 saturated heterocycles. The van der Waals surface area contributed by atoms with E-state index in [2.05, 4.69) is 34.1 Å². The summed E-state index contributed by atoms with van der Waals surface area (Å²) in [5.74, 6) is 0. The first-order valence-corrected chi connectivity index (χ1v) is 4.98. The Morgan fingerprint density at radius 1 is 1.15 bits per heavy atom. The zero-order valence-electron chi connectivity index (χ0n) is 6.88. The van der Waals surface area contributed by atoms with Crippen LogP contribution in [0.25, 0.3) is 11.1 Å². The molecule has 0 spiro atoms. The van der Waals surface area contributed by atoms with E-state index in [4.69, 9.17) is 4.42 Å². The van der Waals surface area contributed by atoms with E-state index < -0.39 is 0 Å². The fourth-order valence-corrected chi connectivity index (χ4v) is 2.38. The molecule has 1 heterocycles. The molecule has 1 aliphatic rings. The Bertz CT molecular complexity index is 471. The van der Waals surface area contributed by atoms with Crippen LogP contribution in [0.4, 0.5) is 0 Å². The Hall–Kier alpha value is -1.02. The van der Waals surface area contributed by atoms with Crippen molar-refractivity contribution in [2.75, 3.05) is 0 Å². The average Bonchev–Trinajstić information content (AvgIpc) is 2.65. The first-order chi connectivity index (χ1) is 6.36. The van der Waals surface area contributed by atoms with Gasteiger partial charge in [-0.2, -0.15) is 0 Å². The van der Waals surface area contributed by atoms with Crippen LogP contribution in [-0.2, 0) is 6.42 Å². The second-order valence-corrected chi connectivity index (χ2v) is 4.11. The van der Waals surface area contributed by atoms with Gasteiger partial charge in [0.2, 0.25) is 0 Å². The van der Waals surface area contributed by atoms with E-state index in [0.717, 1.165) is 6.42 Å². The summed E-state index contributed by atoms with van der Waals surface area (Å²) in [6, 6.07) is 6.29. The van der Waals surface area contributed by atoms with Crippen molar-refractivity contribution in [2.45, 2.75) is 6.42 Å². The minimum absolute atomic E-state index is 0.989. The van der Waals surface area contributed by atoms with E-state index in [1.807, 2.05) is 12.5 Å². The molecule has 1 nitrogen and oxygen atoms in total. The van der Waals surface area contributed by atoms with Gasteiger partial charge in [0, 0.05) is 22.0 Å². The first kappa shape index (κ1) is 7.39. The van der Waals surface area contributed by atoms with Crippen molar-refractivity contribution in [2.24, 2.45) is 0 Å². The Kier molecular flexibility index (Phi) is 1.41. The summed E-state index contributed by atoms with van der Waals surface area (Å²) in [6.45, 7) is 0. The summed E-state index contributed by atoms with van der Waals surface area (Å²) >= 11 is 3.56. The largest absolute Gasteiger partial charge is 0.472 e. The molecule has 1 aliphatic carbocycles. The third-order valence-electron chi connectivity index (χ3n) is 2.52. The predicted octanol–water partition coefficient (Wildman–Crippen LogP) is 3.61. The quantitative estimate of drug-likeness (QED) is 0.580. The number of hydrogen-bond acceptors (Lipinski definition) is 1. The smallest absolute Gasteiger partial charge is 0.0984 e. The van der Waals surface area contributed by atoms with Crippen molar-refractivity contribution in [3.05, 3.63) is 46.3 Å². The molecular formula is C11H7BrO. The predicted molar refractivity (Wildman–Crippen MR) is 54.7 cm³/mol. The summed E-state index contributed by atoms with van der Waals surface area (Å²) in [6.07, 6.45) is 4.65. The van der Waals surface area contributed by atoms with Crippen molar-refractivity contribution < 1.29 is 4.42 Å². The summed E-state index contributed by atoms with van der Waals surface area (Å²) in [4.78, 5) is 0. The number of furan rings is 1. The molecule has 0 unspecified atom stereocenters. The Morgan fingerprint density at radius 3 is 3.00 bits per heavy atom. The van der Waals surface area contributed by atoms with Gasteiger partial charge in [0.25, 0.3) is 0 Å². The van der Waals surface area contributed by atoms with Crippen molar-refractivity contribution in [1.29, 1.82) is 0 Å². The van der Waals surface area contributed by atoms with Crippen LogP contribution in [0.2, 0.25) is 0 Å². The van der Waals surface area contributed by atoms with Crippen LogP contribution in [0.3, 0.4) is 0 Å². The Balaban J connectivity index is 2.34. The van der Waals surface area contributed by atoms with Crippen molar-refractivity contribution in [1.82, 2.24) is 0 Å². The SMILES string of the molecule is Brc1cccc2c1Cc1cocc1-2. The topological polar surface area (TPSA) is 13.1 Å². The minimum atomic E-state index is 0.989. The van der Waals surface area contributed by atoms with E-state index >= 15 is 0 Å². The van der Waals surface area contributed by atoms with Gasteiger partial charge in [0.05, 0.1) is 12.5 Å². The molecule has 1 aromatic carbocycles. The van der Waals surface area contributed by atoms with Crippen LogP contribution in [0, 0.1) is 0 Å². The molecule has 0 atom stereocenters. The highest BCUT2D eigenvalue weighted by molar-refractivity contribution is 9.10.